The zero-order valence-electron chi connectivity index (χ0n) is 12.5. The summed E-state index contributed by atoms with van der Waals surface area (Å²) in [6.07, 6.45) is 6.99. The van der Waals surface area contributed by atoms with Gasteiger partial charge in [0.15, 0.2) is 0 Å². The average Bonchev–Trinajstić information content (AvgIpc) is 2.48. The van der Waals surface area contributed by atoms with E-state index < -0.39 is 0 Å². The molecular formula is C17H25NO2. The van der Waals surface area contributed by atoms with Gasteiger partial charge in [-0.25, -0.2) is 0 Å². The molecule has 3 heteroatoms. The quantitative estimate of drug-likeness (QED) is 0.491. The molecule has 0 spiro atoms. The fourth-order valence-electron chi connectivity index (χ4n) is 2.65. The number of benzene rings is 1. The number of ether oxygens (including phenoxy) is 1. The number of nitrogens with zero attached hydrogens (tertiary/aromatic N) is 1. The van der Waals surface area contributed by atoms with Gasteiger partial charge in [0, 0.05) is 0 Å². The van der Waals surface area contributed by atoms with Gasteiger partial charge in [-0.15, -0.1) is 0 Å². The van der Waals surface area contributed by atoms with E-state index in [9.17, 15) is 0 Å². The lowest BCUT2D eigenvalue weighted by Crippen LogP contribution is -2.22. The SMILES string of the molecule is CC(CCc1ccc(OC2CCC(C)CC2)cc1)=NO. The number of hydrogen-bond donors (Lipinski definition) is 1. The minimum Gasteiger partial charge on any atom is -0.490 e. The van der Waals surface area contributed by atoms with Crippen LogP contribution in [-0.4, -0.2) is 17.0 Å². The molecule has 0 atom stereocenters. The summed E-state index contributed by atoms with van der Waals surface area (Å²) in [6.45, 7) is 4.16. The first-order chi connectivity index (χ1) is 9.67. The van der Waals surface area contributed by atoms with Gasteiger partial charge < -0.3 is 9.94 Å². The molecule has 1 aliphatic rings. The average molecular weight is 275 g/mol. The summed E-state index contributed by atoms with van der Waals surface area (Å²) in [6, 6.07) is 8.31. The zero-order chi connectivity index (χ0) is 14.4. The Balaban J connectivity index is 1.82. The molecule has 0 heterocycles. The van der Waals surface area contributed by atoms with E-state index in [0.29, 0.717) is 6.10 Å². The first-order valence-corrected chi connectivity index (χ1v) is 7.60. The Bertz CT molecular complexity index is 431. The minimum atomic E-state index is 0.390. The molecule has 1 aromatic rings. The first-order valence-electron chi connectivity index (χ1n) is 7.60. The summed E-state index contributed by atoms with van der Waals surface area (Å²) < 4.78 is 6.04. The molecule has 1 aromatic carbocycles. The van der Waals surface area contributed by atoms with Gasteiger partial charge >= 0.3 is 0 Å². The Kier molecular flexibility index (Phi) is 5.45. The van der Waals surface area contributed by atoms with Gasteiger partial charge in [0.2, 0.25) is 0 Å². The lowest BCUT2D eigenvalue weighted by Gasteiger charge is -2.26. The summed E-state index contributed by atoms with van der Waals surface area (Å²) in [7, 11) is 0. The Hall–Kier alpha value is -1.51. The maximum atomic E-state index is 8.63. The normalized spacial score (nSPS) is 23.6. The molecule has 0 amide bonds. The predicted octanol–water partition coefficient (Wildman–Crippen LogP) is 4.43. The lowest BCUT2D eigenvalue weighted by atomic mass is 9.89. The Labute approximate surface area is 121 Å². The molecule has 0 aromatic heterocycles. The van der Waals surface area contributed by atoms with E-state index in [1.807, 2.05) is 6.92 Å². The molecule has 0 saturated heterocycles. The number of hydrogen-bond acceptors (Lipinski definition) is 3. The van der Waals surface area contributed by atoms with Crippen LogP contribution in [0.4, 0.5) is 0 Å². The molecule has 0 radical (unpaired) electrons. The third-order valence-corrected chi connectivity index (χ3v) is 4.14. The fourth-order valence-corrected chi connectivity index (χ4v) is 2.65. The van der Waals surface area contributed by atoms with Crippen molar-refractivity contribution in [1.82, 2.24) is 0 Å². The van der Waals surface area contributed by atoms with Crippen LogP contribution in [0.5, 0.6) is 5.75 Å². The highest BCUT2D eigenvalue weighted by Crippen LogP contribution is 2.27. The molecule has 1 aliphatic carbocycles. The van der Waals surface area contributed by atoms with Gasteiger partial charge in [0.1, 0.15) is 5.75 Å². The van der Waals surface area contributed by atoms with Crippen molar-refractivity contribution < 1.29 is 9.94 Å². The maximum Gasteiger partial charge on any atom is 0.119 e. The van der Waals surface area contributed by atoms with E-state index in [0.717, 1.165) is 30.2 Å². The van der Waals surface area contributed by atoms with E-state index in [1.54, 1.807) is 0 Å². The summed E-state index contributed by atoms with van der Waals surface area (Å²) >= 11 is 0. The summed E-state index contributed by atoms with van der Waals surface area (Å²) in [5, 5.41) is 11.8. The molecule has 20 heavy (non-hydrogen) atoms. The first kappa shape index (κ1) is 14.9. The van der Waals surface area contributed by atoms with Crippen LogP contribution < -0.4 is 4.74 Å². The van der Waals surface area contributed by atoms with E-state index in [1.165, 1.54) is 31.2 Å². The molecule has 1 fully saturated rings. The van der Waals surface area contributed by atoms with Crippen LogP contribution in [0.1, 0.15) is 51.5 Å². The van der Waals surface area contributed by atoms with Crippen molar-refractivity contribution in [3.05, 3.63) is 29.8 Å². The van der Waals surface area contributed by atoms with Gasteiger partial charge in [0.25, 0.3) is 0 Å². The second-order valence-corrected chi connectivity index (χ2v) is 5.98. The van der Waals surface area contributed by atoms with Crippen molar-refractivity contribution in [1.29, 1.82) is 0 Å². The summed E-state index contributed by atoms with van der Waals surface area (Å²) in [5.74, 6) is 1.83. The molecule has 0 unspecified atom stereocenters. The third kappa shape index (κ3) is 4.55. The molecule has 1 saturated carbocycles. The molecule has 1 N–H and O–H groups in total. The molecule has 2 rings (SSSR count). The topological polar surface area (TPSA) is 41.8 Å². The molecular weight excluding hydrogens is 250 g/mol. The second-order valence-electron chi connectivity index (χ2n) is 5.98. The highest BCUT2D eigenvalue weighted by Gasteiger charge is 2.19. The summed E-state index contributed by atoms with van der Waals surface area (Å²) in [4.78, 5) is 0. The van der Waals surface area contributed by atoms with Crippen LogP contribution in [0.3, 0.4) is 0 Å². The van der Waals surface area contributed by atoms with E-state index in [4.69, 9.17) is 9.94 Å². The smallest absolute Gasteiger partial charge is 0.119 e. The van der Waals surface area contributed by atoms with Crippen LogP contribution in [0.25, 0.3) is 0 Å². The van der Waals surface area contributed by atoms with Crippen LogP contribution in [0.2, 0.25) is 0 Å². The van der Waals surface area contributed by atoms with Gasteiger partial charge in [0.05, 0.1) is 11.8 Å². The van der Waals surface area contributed by atoms with E-state index in [-0.39, 0.29) is 0 Å². The zero-order valence-corrected chi connectivity index (χ0v) is 12.5. The molecule has 3 nitrogen and oxygen atoms in total. The van der Waals surface area contributed by atoms with Crippen LogP contribution in [-0.2, 0) is 6.42 Å². The van der Waals surface area contributed by atoms with Gasteiger partial charge in [-0.2, -0.15) is 0 Å². The highest BCUT2D eigenvalue weighted by atomic mass is 16.5. The van der Waals surface area contributed by atoms with Crippen LogP contribution in [0.15, 0.2) is 29.4 Å². The highest BCUT2D eigenvalue weighted by molar-refractivity contribution is 5.81. The van der Waals surface area contributed by atoms with Crippen LogP contribution in [0, 0.1) is 5.92 Å². The van der Waals surface area contributed by atoms with Gasteiger partial charge in [-0.1, -0.05) is 24.2 Å². The van der Waals surface area contributed by atoms with E-state index >= 15 is 0 Å². The molecule has 0 bridgehead atoms. The monoisotopic (exact) mass is 275 g/mol. The fraction of sp³-hybridized carbons (Fsp3) is 0.588. The maximum absolute atomic E-state index is 8.63. The Morgan fingerprint density at radius 3 is 2.45 bits per heavy atom. The second kappa shape index (κ2) is 7.32. The number of oxime groups is 1. The van der Waals surface area contributed by atoms with Gasteiger partial charge in [-0.3, -0.25) is 0 Å². The predicted molar refractivity (Wildman–Crippen MR) is 81.7 cm³/mol. The molecule has 110 valence electrons. The van der Waals surface area contributed by atoms with Gasteiger partial charge in [-0.05, 0) is 69.1 Å². The number of aryl methyl sites for hydroxylation is 1. The van der Waals surface area contributed by atoms with E-state index in [2.05, 4.69) is 36.3 Å². The van der Waals surface area contributed by atoms with Crippen molar-refractivity contribution in [2.45, 2.75) is 58.5 Å². The van der Waals surface area contributed by atoms with Crippen molar-refractivity contribution in [3.8, 4) is 5.75 Å². The number of rotatable bonds is 5. The standard InChI is InChI=1S/C17H25NO2/c1-13-3-9-16(10-4-13)20-17-11-7-15(8-12-17)6-5-14(2)18-19/h7-8,11-13,16,19H,3-6,9-10H2,1-2H3. The van der Waals surface area contributed by atoms with Crippen LogP contribution >= 0.6 is 0 Å². The minimum absolute atomic E-state index is 0.390. The third-order valence-electron chi connectivity index (χ3n) is 4.14. The summed E-state index contributed by atoms with van der Waals surface area (Å²) in [5.41, 5.74) is 2.01. The Morgan fingerprint density at radius 1 is 1.20 bits per heavy atom. The van der Waals surface area contributed by atoms with Crippen molar-refractivity contribution >= 4 is 5.71 Å². The molecule has 0 aliphatic heterocycles. The van der Waals surface area contributed by atoms with Crippen molar-refractivity contribution in [3.63, 3.8) is 0 Å². The lowest BCUT2D eigenvalue weighted by molar-refractivity contribution is 0.135. The van der Waals surface area contributed by atoms with Crippen molar-refractivity contribution in [2.24, 2.45) is 11.1 Å². The largest absolute Gasteiger partial charge is 0.490 e. The van der Waals surface area contributed by atoms with Crippen molar-refractivity contribution in [2.75, 3.05) is 0 Å². The Morgan fingerprint density at radius 2 is 1.85 bits per heavy atom.